The van der Waals surface area contributed by atoms with E-state index in [-0.39, 0.29) is 12.3 Å². The van der Waals surface area contributed by atoms with Gasteiger partial charge in [-0.2, -0.15) is 0 Å². The van der Waals surface area contributed by atoms with Gasteiger partial charge in [0.1, 0.15) is 5.78 Å². The first-order chi connectivity index (χ1) is 8.09. The molecule has 0 aromatic heterocycles. The van der Waals surface area contributed by atoms with Gasteiger partial charge in [-0.05, 0) is 25.7 Å². The van der Waals surface area contributed by atoms with Gasteiger partial charge in [-0.15, -0.1) is 0 Å². The van der Waals surface area contributed by atoms with E-state index in [0.29, 0.717) is 12.5 Å². The van der Waals surface area contributed by atoms with E-state index in [4.69, 9.17) is 10.5 Å². The normalized spacial score (nSPS) is 18.5. The molecule has 5 nitrogen and oxygen atoms in total. The smallest absolute Gasteiger partial charge is 0.407 e. The molecule has 0 aliphatic heterocycles. The summed E-state index contributed by atoms with van der Waals surface area (Å²) in [6.07, 6.45) is 5.54. The van der Waals surface area contributed by atoms with Gasteiger partial charge in [0.25, 0.3) is 0 Å². The van der Waals surface area contributed by atoms with Crippen molar-refractivity contribution in [2.24, 2.45) is 11.7 Å². The molecule has 1 fully saturated rings. The molecule has 0 radical (unpaired) electrons. The van der Waals surface area contributed by atoms with E-state index in [1.807, 2.05) is 0 Å². The monoisotopic (exact) mass is 242 g/mol. The third kappa shape index (κ3) is 5.68. The Kier molecular flexibility index (Phi) is 5.97. The van der Waals surface area contributed by atoms with Gasteiger partial charge >= 0.3 is 6.09 Å². The van der Waals surface area contributed by atoms with Gasteiger partial charge in [0.2, 0.25) is 0 Å². The molecule has 1 unspecified atom stereocenters. The molecule has 98 valence electrons. The zero-order chi connectivity index (χ0) is 12.7. The van der Waals surface area contributed by atoms with E-state index >= 15 is 0 Å². The van der Waals surface area contributed by atoms with E-state index in [9.17, 15) is 9.59 Å². The highest BCUT2D eigenvalue weighted by Gasteiger charge is 2.16. The summed E-state index contributed by atoms with van der Waals surface area (Å²) in [5.74, 6) is 0.355. The summed E-state index contributed by atoms with van der Waals surface area (Å²) in [5.41, 5.74) is 5.48. The molecule has 1 atom stereocenters. The second-order valence-corrected chi connectivity index (χ2v) is 4.70. The molecule has 0 spiro atoms. The van der Waals surface area contributed by atoms with Crippen molar-refractivity contribution in [2.45, 2.75) is 45.1 Å². The summed E-state index contributed by atoms with van der Waals surface area (Å²) >= 11 is 0. The van der Waals surface area contributed by atoms with Gasteiger partial charge in [-0.1, -0.05) is 19.3 Å². The van der Waals surface area contributed by atoms with Crippen molar-refractivity contribution in [3.63, 3.8) is 0 Å². The minimum absolute atomic E-state index is 0.138. The largest absolute Gasteiger partial charge is 0.449 e. The highest BCUT2D eigenvalue weighted by molar-refractivity contribution is 5.82. The summed E-state index contributed by atoms with van der Waals surface area (Å²) in [4.78, 5) is 22.2. The molecule has 17 heavy (non-hydrogen) atoms. The lowest BCUT2D eigenvalue weighted by Crippen LogP contribution is -2.42. The number of ketones is 1. The fourth-order valence-corrected chi connectivity index (χ4v) is 1.94. The third-order valence-electron chi connectivity index (χ3n) is 3.16. The molecule has 0 aromatic carbocycles. The number of ether oxygens (including phenoxy) is 1. The van der Waals surface area contributed by atoms with Crippen molar-refractivity contribution < 1.29 is 14.3 Å². The maximum atomic E-state index is 11.3. The predicted octanol–water partition coefficient (Wildman–Crippen LogP) is 1.21. The first-order valence-corrected chi connectivity index (χ1v) is 6.26. The Hall–Kier alpha value is -1.10. The molecule has 5 heteroatoms. The topological polar surface area (TPSA) is 81.4 Å². The van der Waals surface area contributed by atoms with E-state index in [2.05, 4.69) is 5.32 Å². The van der Waals surface area contributed by atoms with Crippen LogP contribution in [0.5, 0.6) is 0 Å². The fraction of sp³-hybridized carbons (Fsp3) is 0.833. The SMILES string of the molecule is CC(=O)C(N)CNC(=O)OCC1CCCCC1. The number of amides is 1. The zero-order valence-electron chi connectivity index (χ0n) is 10.4. The van der Waals surface area contributed by atoms with Crippen LogP contribution in [0.25, 0.3) is 0 Å². The van der Waals surface area contributed by atoms with Crippen molar-refractivity contribution in [3.05, 3.63) is 0 Å². The number of carbonyl (C=O) groups excluding carboxylic acids is 2. The van der Waals surface area contributed by atoms with Gasteiger partial charge < -0.3 is 15.8 Å². The van der Waals surface area contributed by atoms with Crippen molar-refractivity contribution in [2.75, 3.05) is 13.2 Å². The predicted molar refractivity (Wildman–Crippen MR) is 64.6 cm³/mol. The molecule has 1 aliphatic carbocycles. The van der Waals surface area contributed by atoms with Gasteiger partial charge in [-0.25, -0.2) is 4.79 Å². The average Bonchev–Trinajstić information content (AvgIpc) is 2.34. The molecule has 0 heterocycles. The minimum atomic E-state index is -0.641. The number of Topliss-reactive ketones (excluding diaryl/α,β-unsaturated/α-hetero) is 1. The number of nitrogens with two attached hydrogens (primary N) is 1. The number of hydrogen-bond acceptors (Lipinski definition) is 4. The molecule has 1 rings (SSSR count). The summed E-state index contributed by atoms with van der Waals surface area (Å²) in [5, 5.41) is 2.50. The molecule has 0 aromatic rings. The van der Waals surface area contributed by atoms with Crippen LogP contribution in [-0.4, -0.2) is 31.1 Å². The van der Waals surface area contributed by atoms with Crippen LogP contribution in [0.4, 0.5) is 4.79 Å². The second kappa shape index (κ2) is 7.27. The zero-order valence-corrected chi connectivity index (χ0v) is 10.4. The summed E-state index contributed by atoms with van der Waals surface area (Å²) < 4.78 is 5.09. The van der Waals surface area contributed by atoms with Crippen LogP contribution in [0.3, 0.4) is 0 Å². The first-order valence-electron chi connectivity index (χ1n) is 6.26. The Morgan fingerprint density at radius 3 is 2.59 bits per heavy atom. The quantitative estimate of drug-likeness (QED) is 0.759. The summed E-state index contributed by atoms with van der Waals surface area (Å²) in [6.45, 7) is 2.01. The average molecular weight is 242 g/mol. The molecule has 1 amide bonds. The Balaban J connectivity index is 2.10. The molecule has 1 saturated carbocycles. The van der Waals surface area contributed by atoms with Crippen molar-refractivity contribution in [1.82, 2.24) is 5.32 Å². The lowest BCUT2D eigenvalue weighted by molar-refractivity contribution is -0.118. The number of nitrogens with one attached hydrogen (secondary N) is 1. The molecular weight excluding hydrogens is 220 g/mol. The number of alkyl carbamates (subject to hydrolysis) is 1. The van der Waals surface area contributed by atoms with Gasteiger partial charge in [0.05, 0.1) is 12.6 Å². The minimum Gasteiger partial charge on any atom is -0.449 e. The van der Waals surface area contributed by atoms with Crippen LogP contribution < -0.4 is 11.1 Å². The highest BCUT2D eigenvalue weighted by atomic mass is 16.5. The summed E-state index contributed by atoms with van der Waals surface area (Å²) in [6, 6.07) is -0.641. The standard InChI is InChI=1S/C12H22N2O3/c1-9(15)11(13)7-14-12(16)17-8-10-5-3-2-4-6-10/h10-11H,2-8,13H2,1H3,(H,14,16). The third-order valence-corrected chi connectivity index (χ3v) is 3.16. The summed E-state index contributed by atoms with van der Waals surface area (Å²) in [7, 11) is 0. The van der Waals surface area contributed by atoms with Crippen LogP contribution in [0.1, 0.15) is 39.0 Å². The van der Waals surface area contributed by atoms with Crippen molar-refractivity contribution in [1.29, 1.82) is 0 Å². The highest BCUT2D eigenvalue weighted by Crippen LogP contribution is 2.23. The maximum absolute atomic E-state index is 11.3. The lowest BCUT2D eigenvalue weighted by atomic mass is 9.90. The van der Waals surface area contributed by atoms with Crippen LogP contribution in [-0.2, 0) is 9.53 Å². The van der Waals surface area contributed by atoms with Crippen LogP contribution in [0.15, 0.2) is 0 Å². The molecule has 0 bridgehead atoms. The Morgan fingerprint density at radius 1 is 1.35 bits per heavy atom. The molecule has 0 saturated heterocycles. The first kappa shape index (κ1) is 14.0. The Labute approximate surface area is 102 Å². The van der Waals surface area contributed by atoms with Crippen molar-refractivity contribution >= 4 is 11.9 Å². The second-order valence-electron chi connectivity index (χ2n) is 4.70. The molecule has 1 aliphatic rings. The molecular formula is C12H22N2O3. The van der Waals surface area contributed by atoms with Crippen LogP contribution in [0.2, 0.25) is 0 Å². The van der Waals surface area contributed by atoms with E-state index in [0.717, 1.165) is 12.8 Å². The number of carbonyl (C=O) groups is 2. The van der Waals surface area contributed by atoms with Gasteiger partial charge in [-0.3, -0.25) is 4.79 Å². The van der Waals surface area contributed by atoms with E-state index in [1.165, 1.54) is 26.2 Å². The van der Waals surface area contributed by atoms with E-state index in [1.54, 1.807) is 0 Å². The fourth-order valence-electron chi connectivity index (χ4n) is 1.94. The number of rotatable bonds is 5. The lowest BCUT2D eigenvalue weighted by Gasteiger charge is -2.21. The number of hydrogen-bond donors (Lipinski definition) is 2. The van der Waals surface area contributed by atoms with Gasteiger partial charge in [0, 0.05) is 6.54 Å². The van der Waals surface area contributed by atoms with Crippen molar-refractivity contribution in [3.8, 4) is 0 Å². The maximum Gasteiger partial charge on any atom is 0.407 e. The van der Waals surface area contributed by atoms with E-state index < -0.39 is 12.1 Å². The molecule has 3 N–H and O–H groups in total. The Morgan fingerprint density at radius 2 is 2.00 bits per heavy atom. The Bertz CT molecular complexity index is 262. The van der Waals surface area contributed by atoms with Crippen LogP contribution >= 0.6 is 0 Å². The van der Waals surface area contributed by atoms with Crippen LogP contribution in [0, 0.1) is 5.92 Å². The van der Waals surface area contributed by atoms with Gasteiger partial charge in [0.15, 0.2) is 0 Å².